The molecule has 2 aromatic rings. The van der Waals surface area contributed by atoms with Crippen LogP contribution < -0.4 is 10.6 Å². The molecule has 0 aliphatic heterocycles. The number of nitrogens with one attached hydrogen (secondary N) is 3. The minimum absolute atomic E-state index is 0.106. The second-order valence-corrected chi connectivity index (χ2v) is 4.76. The smallest absolute Gasteiger partial charge is 0.319 e. The molecule has 1 saturated carbocycles. The molecule has 1 heterocycles. The van der Waals surface area contributed by atoms with E-state index in [1.54, 1.807) is 18.2 Å². The Morgan fingerprint density at radius 2 is 2.16 bits per heavy atom. The highest BCUT2D eigenvalue weighted by Gasteiger charge is 2.23. The second kappa shape index (κ2) is 4.38. The maximum atomic E-state index is 11.6. The average molecular weight is 258 g/mol. The van der Waals surface area contributed by atoms with Gasteiger partial charge in [0.1, 0.15) is 5.69 Å². The van der Waals surface area contributed by atoms with E-state index in [-0.39, 0.29) is 11.8 Å². The number of carbonyl (C=O) groups excluding carboxylic acids is 2. The van der Waals surface area contributed by atoms with Gasteiger partial charge in [-0.05, 0) is 31.0 Å². The number of ketones is 1. The molecular weight excluding hydrogens is 244 g/mol. The Kier molecular flexibility index (Phi) is 2.70. The van der Waals surface area contributed by atoms with Crippen molar-refractivity contribution >= 4 is 28.4 Å². The Balaban J connectivity index is 1.85. The zero-order chi connectivity index (χ0) is 13.4. The van der Waals surface area contributed by atoms with Crippen molar-refractivity contribution in [2.24, 2.45) is 0 Å². The maximum absolute atomic E-state index is 11.6. The fraction of sp³-hybridized carbons (Fsp3) is 0.308. The van der Waals surface area contributed by atoms with E-state index in [0.29, 0.717) is 17.4 Å². The first-order chi connectivity index (χ1) is 9.13. The highest BCUT2D eigenvalue weighted by molar-refractivity contribution is 6.06. The average Bonchev–Trinajstić information content (AvgIpc) is 3.06. The van der Waals surface area contributed by atoms with Gasteiger partial charge >= 0.3 is 6.03 Å². The van der Waals surface area contributed by atoms with Crippen LogP contribution in [-0.4, -0.2) is 28.1 Å². The van der Waals surface area contributed by atoms with Crippen molar-refractivity contribution in [2.75, 3.05) is 5.32 Å². The third-order valence-electron chi connectivity index (χ3n) is 3.07. The largest absolute Gasteiger partial charge is 0.335 e. The number of hydrogen-bond donors (Lipinski definition) is 3. The first kappa shape index (κ1) is 11.7. The number of hydrogen-bond acceptors (Lipinski definition) is 3. The van der Waals surface area contributed by atoms with Crippen LogP contribution in [0.25, 0.3) is 10.9 Å². The number of aromatic amines is 1. The monoisotopic (exact) mass is 258 g/mol. The van der Waals surface area contributed by atoms with Gasteiger partial charge in [-0.15, -0.1) is 0 Å². The quantitative estimate of drug-likeness (QED) is 0.736. The van der Waals surface area contributed by atoms with Crippen molar-refractivity contribution in [1.82, 2.24) is 15.5 Å². The van der Waals surface area contributed by atoms with Gasteiger partial charge in [0, 0.05) is 24.0 Å². The van der Waals surface area contributed by atoms with E-state index in [4.69, 9.17) is 0 Å². The van der Waals surface area contributed by atoms with E-state index in [1.807, 2.05) is 0 Å². The normalized spacial score (nSPS) is 14.4. The Morgan fingerprint density at radius 1 is 1.37 bits per heavy atom. The van der Waals surface area contributed by atoms with Crippen LogP contribution in [0.15, 0.2) is 18.2 Å². The zero-order valence-electron chi connectivity index (χ0n) is 10.5. The molecule has 3 N–H and O–H groups in total. The minimum atomic E-state index is -0.213. The van der Waals surface area contributed by atoms with Crippen LogP contribution in [-0.2, 0) is 0 Å². The van der Waals surface area contributed by atoms with Crippen LogP contribution in [0.5, 0.6) is 0 Å². The highest BCUT2D eigenvalue weighted by atomic mass is 16.2. The van der Waals surface area contributed by atoms with Gasteiger partial charge in [0.15, 0.2) is 5.78 Å². The number of benzene rings is 1. The molecule has 1 aliphatic carbocycles. The highest BCUT2D eigenvalue weighted by Crippen LogP contribution is 2.22. The molecule has 0 bridgehead atoms. The predicted molar refractivity (Wildman–Crippen MR) is 71.3 cm³/mol. The fourth-order valence-corrected chi connectivity index (χ4v) is 1.94. The molecule has 1 aromatic heterocycles. The Bertz CT molecular complexity index is 658. The van der Waals surface area contributed by atoms with Gasteiger partial charge in [0.05, 0.1) is 5.52 Å². The number of aromatic nitrogens is 2. The number of H-pyrrole nitrogens is 1. The maximum Gasteiger partial charge on any atom is 0.319 e. The summed E-state index contributed by atoms with van der Waals surface area (Å²) in [6, 6.07) is 5.42. The number of anilines is 1. The molecule has 0 radical (unpaired) electrons. The van der Waals surface area contributed by atoms with Gasteiger partial charge in [0.25, 0.3) is 0 Å². The first-order valence-electron chi connectivity index (χ1n) is 6.20. The Labute approximate surface area is 109 Å². The summed E-state index contributed by atoms with van der Waals surface area (Å²) in [4.78, 5) is 23.1. The van der Waals surface area contributed by atoms with Crippen molar-refractivity contribution in [1.29, 1.82) is 0 Å². The molecule has 0 saturated heterocycles. The molecule has 0 unspecified atom stereocenters. The fourth-order valence-electron chi connectivity index (χ4n) is 1.94. The van der Waals surface area contributed by atoms with E-state index >= 15 is 0 Å². The summed E-state index contributed by atoms with van der Waals surface area (Å²) in [5.41, 5.74) is 1.81. The predicted octanol–water partition coefficient (Wildman–Crippen LogP) is 2.05. The molecule has 1 fully saturated rings. The summed E-state index contributed by atoms with van der Waals surface area (Å²) >= 11 is 0. The van der Waals surface area contributed by atoms with Crippen molar-refractivity contribution < 1.29 is 9.59 Å². The van der Waals surface area contributed by atoms with E-state index in [2.05, 4.69) is 20.8 Å². The van der Waals surface area contributed by atoms with E-state index in [9.17, 15) is 9.59 Å². The summed E-state index contributed by atoms with van der Waals surface area (Å²) in [7, 11) is 0. The molecule has 19 heavy (non-hydrogen) atoms. The van der Waals surface area contributed by atoms with Gasteiger partial charge in [-0.25, -0.2) is 4.79 Å². The second-order valence-electron chi connectivity index (χ2n) is 4.76. The van der Waals surface area contributed by atoms with Crippen molar-refractivity contribution in [2.45, 2.75) is 25.8 Å². The number of amides is 2. The zero-order valence-corrected chi connectivity index (χ0v) is 10.5. The minimum Gasteiger partial charge on any atom is -0.335 e. The van der Waals surface area contributed by atoms with Crippen LogP contribution in [0.2, 0.25) is 0 Å². The first-order valence-corrected chi connectivity index (χ1v) is 6.20. The summed E-state index contributed by atoms with van der Waals surface area (Å²) < 4.78 is 0. The lowest BCUT2D eigenvalue weighted by Gasteiger charge is -2.06. The van der Waals surface area contributed by atoms with Gasteiger partial charge in [-0.1, -0.05) is 0 Å². The molecule has 1 aliphatic rings. The van der Waals surface area contributed by atoms with Crippen LogP contribution in [0.4, 0.5) is 10.5 Å². The molecular formula is C13H14N4O2. The molecule has 6 heteroatoms. The number of carbonyl (C=O) groups is 2. The van der Waals surface area contributed by atoms with Gasteiger partial charge in [-0.3, -0.25) is 9.89 Å². The van der Waals surface area contributed by atoms with E-state index in [1.165, 1.54) is 6.92 Å². The molecule has 1 aromatic carbocycles. The number of urea groups is 1. The van der Waals surface area contributed by atoms with Crippen LogP contribution in [0, 0.1) is 0 Å². The van der Waals surface area contributed by atoms with E-state index in [0.717, 1.165) is 23.7 Å². The number of nitrogens with zero attached hydrogens (tertiary/aromatic N) is 1. The summed E-state index contributed by atoms with van der Waals surface area (Å²) in [6.07, 6.45) is 2.09. The number of rotatable bonds is 3. The van der Waals surface area contributed by atoms with Crippen LogP contribution in [0.3, 0.4) is 0 Å². The third kappa shape index (κ3) is 2.42. The van der Waals surface area contributed by atoms with E-state index < -0.39 is 0 Å². The van der Waals surface area contributed by atoms with Crippen LogP contribution >= 0.6 is 0 Å². The standard InChI is InChI=1S/C13H14N4O2/c1-7(18)12-10-6-9(4-5-11(10)16-17-12)15-13(19)14-8-2-3-8/h4-6,8H,2-3H2,1H3,(H,16,17)(H2,14,15,19). The molecule has 98 valence electrons. The van der Waals surface area contributed by atoms with Crippen molar-refractivity contribution in [3.05, 3.63) is 23.9 Å². The topological polar surface area (TPSA) is 86.9 Å². The lowest BCUT2D eigenvalue weighted by Crippen LogP contribution is -2.30. The van der Waals surface area contributed by atoms with Gasteiger partial charge in [-0.2, -0.15) is 5.10 Å². The molecule has 6 nitrogen and oxygen atoms in total. The Hall–Kier alpha value is -2.37. The summed E-state index contributed by atoms with van der Waals surface area (Å²) in [6.45, 7) is 1.47. The lowest BCUT2D eigenvalue weighted by atomic mass is 10.1. The lowest BCUT2D eigenvalue weighted by molar-refractivity contribution is 0.101. The van der Waals surface area contributed by atoms with Gasteiger partial charge in [0.2, 0.25) is 0 Å². The number of fused-ring (bicyclic) bond motifs is 1. The molecule has 3 rings (SSSR count). The summed E-state index contributed by atoms with van der Waals surface area (Å²) in [5.74, 6) is -0.106. The SMILES string of the molecule is CC(=O)c1n[nH]c2ccc(NC(=O)NC3CC3)cc12. The molecule has 0 spiro atoms. The molecule has 0 atom stereocenters. The van der Waals surface area contributed by atoms with Crippen molar-refractivity contribution in [3.63, 3.8) is 0 Å². The van der Waals surface area contributed by atoms with Gasteiger partial charge < -0.3 is 10.6 Å². The third-order valence-corrected chi connectivity index (χ3v) is 3.07. The molecule has 2 amide bonds. The summed E-state index contributed by atoms with van der Waals surface area (Å²) in [5, 5.41) is 13.1. The van der Waals surface area contributed by atoms with Crippen molar-refractivity contribution in [3.8, 4) is 0 Å². The number of Topliss-reactive ketones (excluding diaryl/α,β-unsaturated/α-hetero) is 1. The Morgan fingerprint density at radius 3 is 2.84 bits per heavy atom. The van der Waals surface area contributed by atoms with Crippen LogP contribution in [0.1, 0.15) is 30.3 Å².